The van der Waals surface area contributed by atoms with E-state index >= 15 is 0 Å². The lowest BCUT2D eigenvalue weighted by Crippen LogP contribution is -2.41. The minimum Gasteiger partial charge on any atom is -0.379 e. The summed E-state index contributed by atoms with van der Waals surface area (Å²) in [5.41, 5.74) is 23.7. The molecule has 0 radical (unpaired) electrons. The Morgan fingerprint density at radius 1 is 0.522 bits per heavy atom. The van der Waals surface area contributed by atoms with E-state index in [1.807, 2.05) is 48.5 Å². The third-order valence-corrected chi connectivity index (χ3v) is 14.8. The molecule has 0 unspecified atom stereocenters. The van der Waals surface area contributed by atoms with Crippen LogP contribution in [0, 0.1) is 10.8 Å². The van der Waals surface area contributed by atoms with Crippen molar-refractivity contribution in [1.29, 1.82) is 10.8 Å². The first kappa shape index (κ1) is 62.7. The highest BCUT2D eigenvalue weighted by atomic mass is 35.5. The molecule has 0 saturated carbocycles. The average molecular weight is 1170 g/mol. The van der Waals surface area contributed by atoms with Gasteiger partial charge in [-0.05, 0) is 93.5 Å². The molecule has 0 amide bonds. The third-order valence-electron chi connectivity index (χ3n) is 9.50. The van der Waals surface area contributed by atoms with Crippen LogP contribution in [-0.4, -0.2) is 57.1 Å². The number of nitrogens with one attached hydrogen (secondary N) is 4. The van der Waals surface area contributed by atoms with Crippen LogP contribution >= 0.6 is 141 Å². The Kier molecular flexibility index (Phi) is 30.3. The maximum absolute atomic E-state index is 7.17. The first-order valence-corrected chi connectivity index (χ1v) is 26.3. The van der Waals surface area contributed by atoms with Gasteiger partial charge in [0.15, 0.2) is 20.7 Å². The van der Waals surface area contributed by atoms with Crippen molar-refractivity contribution in [2.24, 2.45) is 27.2 Å². The van der Waals surface area contributed by atoms with Crippen LogP contribution in [-0.2, 0) is 42.6 Å². The number of aliphatic imine (C=N–C) groups is 2. The van der Waals surface area contributed by atoms with Gasteiger partial charge in [-0.2, -0.15) is 0 Å². The van der Waals surface area contributed by atoms with Crippen LogP contribution in [0.5, 0.6) is 0 Å². The second-order valence-corrected chi connectivity index (χ2v) is 20.9. The SMILES string of the molecule is C.Cl.Cl.Clc1ccc(Cl)c(CN2CN=C(SCc3ccccc3CSC3=NCN(Cc4cc(Cl)ccc4Cl)CN3)NC2)c1.N=C(N)SCc1ccccc1CSC(=N)N.NCc1cc(Cl)ccc1Cl. The number of hydrogen-bond donors (Lipinski definition) is 7. The van der Waals surface area contributed by atoms with Crippen molar-refractivity contribution < 1.29 is 0 Å². The molecule has 5 aromatic rings. The Morgan fingerprint density at radius 3 is 1.16 bits per heavy atom. The highest BCUT2D eigenvalue weighted by molar-refractivity contribution is 8.14. The fourth-order valence-corrected chi connectivity index (χ4v) is 10.2. The van der Waals surface area contributed by atoms with E-state index in [1.54, 1.807) is 53.9 Å². The number of halogens is 8. The summed E-state index contributed by atoms with van der Waals surface area (Å²) in [7, 11) is 0. The van der Waals surface area contributed by atoms with Gasteiger partial charge >= 0.3 is 0 Å². The monoisotopic (exact) mass is 1170 g/mol. The van der Waals surface area contributed by atoms with Crippen molar-refractivity contribution in [3.8, 4) is 0 Å². The number of hydrogen-bond acceptors (Lipinski definition) is 13. The second kappa shape index (κ2) is 33.3. The Morgan fingerprint density at radius 2 is 0.855 bits per heavy atom. The molecule has 69 heavy (non-hydrogen) atoms. The van der Waals surface area contributed by atoms with Gasteiger partial charge in [0, 0.05) is 72.8 Å². The summed E-state index contributed by atoms with van der Waals surface area (Å²) in [4.78, 5) is 13.8. The van der Waals surface area contributed by atoms with Crippen LogP contribution in [0.4, 0.5) is 0 Å². The van der Waals surface area contributed by atoms with Gasteiger partial charge in [-0.15, -0.1) is 24.8 Å². The Labute approximate surface area is 465 Å². The Balaban J connectivity index is 0.000000464. The Hall–Kier alpha value is -2.42. The highest BCUT2D eigenvalue weighted by Gasteiger charge is 2.17. The van der Waals surface area contributed by atoms with E-state index in [-0.39, 0.29) is 42.6 Å². The number of rotatable bonds is 13. The van der Waals surface area contributed by atoms with E-state index in [1.165, 1.54) is 34.7 Å². The minimum absolute atomic E-state index is 0. The first-order valence-electron chi connectivity index (χ1n) is 20.1. The molecule has 2 aliphatic rings. The number of nitrogens with two attached hydrogens (primary N) is 3. The van der Waals surface area contributed by atoms with Gasteiger partial charge in [0.1, 0.15) is 0 Å². The molecule has 0 aliphatic carbocycles. The predicted octanol–water partition coefficient (Wildman–Crippen LogP) is 13.4. The minimum atomic E-state index is 0. The van der Waals surface area contributed by atoms with Gasteiger partial charge < -0.3 is 27.8 Å². The normalized spacial score (nSPS) is 13.1. The van der Waals surface area contributed by atoms with E-state index in [2.05, 4.69) is 44.7 Å². The molecule has 0 saturated heterocycles. The fourth-order valence-electron chi connectivity index (χ4n) is 6.10. The van der Waals surface area contributed by atoms with Gasteiger partial charge in [0.25, 0.3) is 0 Å². The summed E-state index contributed by atoms with van der Waals surface area (Å²) in [6.07, 6.45) is 0. The molecule has 0 fully saturated rings. The van der Waals surface area contributed by atoms with Crippen molar-refractivity contribution in [2.45, 2.75) is 50.1 Å². The molecule has 2 heterocycles. The van der Waals surface area contributed by atoms with Crippen molar-refractivity contribution in [3.05, 3.63) is 172 Å². The molecule has 0 spiro atoms. The van der Waals surface area contributed by atoms with Crippen molar-refractivity contribution in [1.82, 2.24) is 20.4 Å². The lowest BCUT2D eigenvalue weighted by atomic mass is 10.1. The van der Waals surface area contributed by atoms with Crippen LogP contribution in [0.25, 0.3) is 0 Å². The molecule has 23 heteroatoms. The van der Waals surface area contributed by atoms with Crippen LogP contribution in [0.3, 0.4) is 0 Å². The van der Waals surface area contributed by atoms with Crippen molar-refractivity contribution >= 4 is 162 Å². The number of nitrogens with zero attached hydrogens (tertiary/aromatic N) is 4. The fraction of sp³-hybridized carbons (Fsp3) is 0.261. The highest BCUT2D eigenvalue weighted by Crippen LogP contribution is 2.27. The molecule has 0 bridgehead atoms. The quantitative estimate of drug-likeness (QED) is 0.0440. The smallest absolute Gasteiger partial charge is 0.159 e. The summed E-state index contributed by atoms with van der Waals surface area (Å²) < 4.78 is 0. The zero-order valence-electron chi connectivity index (χ0n) is 36.3. The zero-order valence-corrected chi connectivity index (χ0v) is 45.8. The van der Waals surface area contributed by atoms with Gasteiger partial charge in [-0.3, -0.25) is 20.6 Å². The van der Waals surface area contributed by atoms with Crippen LogP contribution in [0.1, 0.15) is 46.4 Å². The van der Waals surface area contributed by atoms with Crippen molar-refractivity contribution in [3.63, 3.8) is 0 Å². The van der Waals surface area contributed by atoms with Crippen LogP contribution < -0.4 is 27.8 Å². The standard InChI is InChI=1S/C28H28Cl4N6S2.C10H14N4S2.C7H7Cl2N.CH4.2ClH/c29-23-5-7-25(31)21(9-23)11-37-15-33-27(34-16-37)39-13-19-3-1-2-4-20(19)14-40-28-35-17-38(18-36-28)12-22-10-24(30)6-8-26(22)32;11-9(12)15-5-7-3-1-2-4-8(7)6-16-10(13)14;8-6-1-2-7(9)5(3-6)4-10;;;/h1-10H,11-18H2,(H,33,34)(H,35,36);1-4H,5-6H2,(H3,11,12)(H3,13,14);1-3H,4,10H2;1H4;2*1H. The zero-order chi connectivity index (χ0) is 47.4. The van der Waals surface area contributed by atoms with E-state index in [0.29, 0.717) is 77.9 Å². The van der Waals surface area contributed by atoms with Gasteiger partial charge in [-0.1, -0.05) is 173 Å². The maximum Gasteiger partial charge on any atom is 0.159 e. The topological polar surface area (TPSA) is 181 Å². The molecule has 0 aromatic heterocycles. The summed E-state index contributed by atoms with van der Waals surface area (Å²) in [6.45, 7) is 4.45. The van der Waals surface area contributed by atoms with Crippen LogP contribution in [0.15, 0.2) is 113 Å². The summed E-state index contributed by atoms with van der Waals surface area (Å²) >= 11 is 42.4. The molecule has 7 rings (SSSR count). The number of thioether (sulfide) groups is 4. The summed E-state index contributed by atoms with van der Waals surface area (Å²) in [6, 6.07) is 32.8. The molecule has 5 aromatic carbocycles. The van der Waals surface area contributed by atoms with Gasteiger partial charge in [-0.25, -0.2) is 9.98 Å². The number of amidine groups is 4. The first-order chi connectivity index (χ1) is 31.8. The van der Waals surface area contributed by atoms with Gasteiger partial charge in [0.05, 0.1) is 26.7 Å². The number of benzene rings is 5. The van der Waals surface area contributed by atoms with E-state index in [9.17, 15) is 0 Å². The predicted molar refractivity (Wildman–Crippen MR) is 312 cm³/mol. The molecule has 11 nitrogen and oxygen atoms in total. The lowest BCUT2D eigenvalue weighted by Gasteiger charge is -2.27. The third kappa shape index (κ3) is 22.5. The molecule has 0 atom stereocenters. The van der Waals surface area contributed by atoms with Crippen LogP contribution in [0.2, 0.25) is 30.1 Å². The largest absolute Gasteiger partial charge is 0.379 e. The molecule has 10 N–H and O–H groups in total. The van der Waals surface area contributed by atoms with Crippen molar-refractivity contribution in [2.75, 3.05) is 26.7 Å². The van der Waals surface area contributed by atoms with E-state index < -0.39 is 0 Å². The lowest BCUT2D eigenvalue weighted by molar-refractivity contribution is 0.258. The summed E-state index contributed by atoms with van der Waals surface area (Å²) in [5.74, 6) is 3.06. The Bertz CT molecular complexity index is 2350. The molecular weight excluding hydrogens is 1120 g/mol. The molecular formula is C46H55Cl8N11S4. The van der Waals surface area contributed by atoms with Gasteiger partial charge in [0.2, 0.25) is 0 Å². The van der Waals surface area contributed by atoms with E-state index in [0.717, 1.165) is 59.7 Å². The average Bonchev–Trinajstić information content (AvgIpc) is 3.31. The summed E-state index contributed by atoms with van der Waals surface area (Å²) in [5, 5.41) is 27.5. The molecule has 2 aliphatic heterocycles. The molecule has 374 valence electrons. The van der Waals surface area contributed by atoms with E-state index in [4.69, 9.17) is 108 Å². The maximum atomic E-state index is 7.17. The second-order valence-electron chi connectivity index (χ2n) is 14.4.